The second-order valence-corrected chi connectivity index (χ2v) is 6.00. The molecule has 1 aliphatic rings. The number of amides is 1. The minimum atomic E-state index is -0.218. The van der Waals surface area contributed by atoms with Crippen LogP contribution in [0, 0.1) is 5.92 Å². The fraction of sp³-hybridized carbons (Fsp3) is 0.471. The Morgan fingerprint density at radius 2 is 2.14 bits per heavy atom. The van der Waals surface area contributed by atoms with Gasteiger partial charge in [-0.25, -0.2) is 0 Å². The highest BCUT2D eigenvalue weighted by atomic mass is 16.2. The van der Waals surface area contributed by atoms with Crippen LogP contribution < -0.4 is 0 Å². The average Bonchev–Trinajstić information content (AvgIpc) is 3.10. The van der Waals surface area contributed by atoms with E-state index in [0.29, 0.717) is 5.92 Å². The molecular formula is C17H22N4O. The molecule has 1 aliphatic heterocycles. The summed E-state index contributed by atoms with van der Waals surface area (Å²) in [6, 6.07) is 5.75. The molecule has 1 saturated heterocycles. The number of nitrogens with zero attached hydrogens (tertiary/aromatic N) is 4. The van der Waals surface area contributed by atoms with Crippen LogP contribution in [0.4, 0.5) is 0 Å². The summed E-state index contributed by atoms with van der Waals surface area (Å²) in [6.45, 7) is 3.60. The number of rotatable bonds is 4. The molecule has 0 saturated carbocycles. The molecule has 116 valence electrons. The van der Waals surface area contributed by atoms with Crippen molar-refractivity contribution in [2.75, 3.05) is 13.1 Å². The van der Waals surface area contributed by atoms with Crippen LogP contribution in [0.15, 0.2) is 43.0 Å². The molecule has 1 unspecified atom stereocenters. The topological polar surface area (TPSA) is 51.0 Å². The Labute approximate surface area is 131 Å². The van der Waals surface area contributed by atoms with E-state index < -0.39 is 0 Å². The van der Waals surface area contributed by atoms with E-state index in [-0.39, 0.29) is 11.9 Å². The molecule has 0 spiro atoms. The number of pyridine rings is 1. The molecule has 1 atom stereocenters. The van der Waals surface area contributed by atoms with Crippen molar-refractivity contribution in [1.29, 1.82) is 0 Å². The standard InChI is InChI=1S/C17H22N4O/c1-14(21-9-3-8-19-21)17(22)20-10-5-15(6-11-20)12-16-4-2-7-18-13-16/h2-4,7-9,13-15H,5-6,10-12H2,1H3. The molecule has 5 heteroatoms. The zero-order valence-electron chi connectivity index (χ0n) is 12.9. The summed E-state index contributed by atoms with van der Waals surface area (Å²) in [5, 5.41) is 4.17. The second kappa shape index (κ2) is 6.73. The van der Waals surface area contributed by atoms with E-state index in [9.17, 15) is 4.79 Å². The lowest BCUT2D eigenvalue weighted by molar-refractivity contribution is -0.136. The van der Waals surface area contributed by atoms with Gasteiger partial charge in [0, 0.05) is 37.9 Å². The second-order valence-electron chi connectivity index (χ2n) is 6.00. The van der Waals surface area contributed by atoms with Crippen LogP contribution in [-0.4, -0.2) is 38.7 Å². The number of piperidine rings is 1. The number of likely N-dealkylation sites (tertiary alicyclic amines) is 1. The summed E-state index contributed by atoms with van der Waals surface area (Å²) in [6.07, 6.45) is 10.5. The Bertz CT molecular complexity index is 588. The smallest absolute Gasteiger partial charge is 0.247 e. The van der Waals surface area contributed by atoms with Crippen LogP contribution in [0.1, 0.15) is 31.4 Å². The molecule has 3 heterocycles. The van der Waals surface area contributed by atoms with Crippen molar-refractivity contribution in [2.24, 2.45) is 5.92 Å². The zero-order valence-corrected chi connectivity index (χ0v) is 12.9. The molecule has 2 aromatic heterocycles. The normalized spacial score (nSPS) is 17.4. The van der Waals surface area contributed by atoms with E-state index >= 15 is 0 Å². The average molecular weight is 298 g/mol. The highest BCUT2D eigenvalue weighted by molar-refractivity contribution is 5.80. The molecule has 0 N–H and O–H groups in total. The first-order valence-corrected chi connectivity index (χ1v) is 7.91. The van der Waals surface area contributed by atoms with Crippen molar-refractivity contribution in [1.82, 2.24) is 19.7 Å². The fourth-order valence-corrected chi connectivity index (χ4v) is 3.10. The Hall–Kier alpha value is -2.17. The molecule has 1 fully saturated rings. The first-order valence-electron chi connectivity index (χ1n) is 7.91. The zero-order chi connectivity index (χ0) is 15.4. The van der Waals surface area contributed by atoms with Gasteiger partial charge in [0.2, 0.25) is 5.91 Å². The van der Waals surface area contributed by atoms with Crippen LogP contribution in [-0.2, 0) is 11.2 Å². The lowest BCUT2D eigenvalue weighted by Crippen LogP contribution is -2.42. The third-order valence-electron chi connectivity index (χ3n) is 4.45. The Kier molecular flexibility index (Phi) is 4.51. The van der Waals surface area contributed by atoms with E-state index in [2.05, 4.69) is 16.1 Å². The maximum absolute atomic E-state index is 12.5. The van der Waals surface area contributed by atoms with Crippen LogP contribution in [0.3, 0.4) is 0 Å². The van der Waals surface area contributed by atoms with Crippen molar-refractivity contribution in [3.8, 4) is 0 Å². The highest BCUT2D eigenvalue weighted by Gasteiger charge is 2.27. The number of hydrogen-bond acceptors (Lipinski definition) is 3. The van der Waals surface area contributed by atoms with Gasteiger partial charge in [0.15, 0.2) is 0 Å². The summed E-state index contributed by atoms with van der Waals surface area (Å²) in [7, 11) is 0. The van der Waals surface area contributed by atoms with E-state index in [1.807, 2.05) is 36.4 Å². The van der Waals surface area contributed by atoms with Crippen molar-refractivity contribution in [2.45, 2.75) is 32.2 Å². The number of carbonyl (C=O) groups excluding carboxylic acids is 1. The molecule has 0 bridgehead atoms. The molecule has 1 amide bonds. The van der Waals surface area contributed by atoms with E-state index in [1.54, 1.807) is 17.1 Å². The minimum absolute atomic E-state index is 0.170. The van der Waals surface area contributed by atoms with Gasteiger partial charge < -0.3 is 4.90 Å². The van der Waals surface area contributed by atoms with Crippen LogP contribution in [0.25, 0.3) is 0 Å². The third-order valence-corrected chi connectivity index (χ3v) is 4.45. The van der Waals surface area contributed by atoms with Crippen molar-refractivity contribution in [3.63, 3.8) is 0 Å². The summed E-state index contributed by atoms with van der Waals surface area (Å²) in [5.74, 6) is 0.816. The van der Waals surface area contributed by atoms with Gasteiger partial charge in [-0.1, -0.05) is 6.07 Å². The van der Waals surface area contributed by atoms with E-state index in [0.717, 1.165) is 32.4 Å². The lowest BCUT2D eigenvalue weighted by atomic mass is 9.90. The monoisotopic (exact) mass is 298 g/mol. The van der Waals surface area contributed by atoms with Gasteiger partial charge >= 0.3 is 0 Å². The van der Waals surface area contributed by atoms with E-state index in [1.165, 1.54) is 5.56 Å². The molecule has 22 heavy (non-hydrogen) atoms. The van der Waals surface area contributed by atoms with Gasteiger partial charge in [0.25, 0.3) is 0 Å². The van der Waals surface area contributed by atoms with E-state index in [4.69, 9.17) is 0 Å². The molecule has 3 rings (SSSR count). The van der Waals surface area contributed by atoms with Gasteiger partial charge in [-0.15, -0.1) is 0 Å². The lowest BCUT2D eigenvalue weighted by Gasteiger charge is -2.33. The van der Waals surface area contributed by atoms with Gasteiger partial charge in [-0.3, -0.25) is 14.5 Å². The minimum Gasteiger partial charge on any atom is -0.341 e. The first-order chi connectivity index (χ1) is 10.7. The van der Waals surface area contributed by atoms with Crippen LogP contribution >= 0.6 is 0 Å². The largest absolute Gasteiger partial charge is 0.341 e. The number of aromatic nitrogens is 3. The maximum atomic E-state index is 12.5. The van der Waals surface area contributed by atoms with Crippen molar-refractivity contribution < 1.29 is 4.79 Å². The molecule has 2 aromatic rings. The Morgan fingerprint density at radius 1 is 1.32 bits per heavy atom. The van der Waals surface area contributed by atoms with Gasteiger partial charge in [0.1, 0.15) is 6.04 Å². The summed E-state index contributed by atoms with van der Waals surface area (Å²) in [5.41, 5.74) is 1.29. The van der Waals surface area contributed by atoms with Gasteiger partial charge in [-0.05, 0) is 49.8 Å². The predicted molar refractivity (Wildman–Crippen MR) is 84.2 cm³/mol. The molecule has 0 aliphatic carbocycles. The molecule has 0 aromatic carbocycles. The maximum Gasteiger partial charge on any atom is 0.247 e. The number of carbonyl (C=O) groups is 1. The summed E-state index contributed by atoms with van der Waals surface area (Å²) >= 11 is 0. The highest BCUT2D eigenvalue weighted by Crippen LogP contribution is 2.23. The fourth-order valence-electron chi connectivity index (χ4n) is 3.10. The molecular weight excluding hydrogens is 276 g/mol. The van der Waals surface area contributed by atoms with Crippen molar-refractivity contribution >= 4 is 5.91 Å². The summed E-state index contributed by atoms with van der Waals surface area (Å²) < 4.78 is 1.73. The Balaban J connectivity index is 1.52. The first kappa shape index (κ1) is 14.8. The van der Waals surface area contributed by atoms with Crippen molar-refractivity contribution in [3.05, 3.63) is 48.5 Å². The van der Waals surface area contributed by atoms with Gasteiger partial charge in [0.05, 0.1) is 0 Å². The van der Waals surface area contributed by atoms with Crippen LogP contribution in [0.2, 0.25) is 0 Å². The predicted octanol–water partition coefficient (Wildman–Crippen LogP) is 2.32. The molecule has 0 radical (unpaired) electrons. The summed E-state index contributed by atoms with van der Waals surface area (Å²) in [4.78, 5) is 18.7. The Morgan fingerprint density at radius 3 is 2.77 bits per heavy atom. The molecule has 5 nitrogen and oxygen atoms in total. The van der Waals surface area contributed by atoms with Gasteiger partial charge in [-0.2, -0.15) is 5.10 Å². The SMILES string of the molecule is CC(C(=O)N1CCC(Cc2cccnc2)CC1)n1cccn1. The third kappa shape index (κ3) is 3.35. The van der Waals surface area contributed by atoms with Crippen LogP contribution in [0.5, 0.6) is 0 Å². The quantitative estimate of drug-likeness (QED) is 0.870. The number of hydrogen-bond donors (Lipinski definition) is 0.